The van der Waals surface area contributed by atoms with Crippen LogP contribution in [-0.2, 0) is 0 Å². The smallest absolute Gasteiger partial charge is 0.0409 e. The van der Waals surface area contributed by atoms with Crippen molar-refractivity contribution >= 4 is 21.6 Å². The molecule has 2 rings (SSSR count). The predicted octanol–water partition coefficient (Wildman–Crippen LogP) is 5.67. The van der Waals surface area contributed by atoms with Crippen LogP contribution in [0.1, 0.15) is 12.0 Å². The van der Waals surface area contributed by atoms with E-state index < -0.39 is 0 Å². The summed E-state index contributed by atoms with van der Waals surface area (Å²) in [5, 5.41) is 0. The maximum atomic E-state index is 4.04. The van der Waals surface area contributed by atoms with Crippen LogP contribution in [0.5, 0.6) is 0 Å². The lowest BCUT2D eigenvalue weighted by atomic mass is 10.2. The topological polar surface area (TPSA) is 3.24 Å². The number of hydrogen-bond acceptors (Lipinski definition) is 1. The molecule has 0 amide bonds. The maximum Gasteiger partial charge on any atom is 0.0409 e. The molecule has 0 saturated carbocycles. The maximum absolute atomic E-state index is 4.04. The second kappa shape index (κ2) is 7.84. The minimum atomic E-state index is 0.831. The van der Waals surface area contributed by atoms with Crippen molar-refractivity contribution in [2.24, 2.45) is 0 Å². The molecule has 1 aliphatic heterocycles. The van der Waals surface area contributed by atoms with Crippen molar-refractivity contribution in [2.45, 2.75) is 13.3 Å². The molecule has 0 aliphatic carbocycles. The van der Waals surface area contributed by atoms with E-state index >= 15 is 0 Å². The van der Waals surface area contributed by atoms with Gasteiger partial charge in [0, 0.05) is 22.9 Å². The first-order valence-corrected chi connectivity index (χ1v) is 7.82. The Morgan fingerprint density at radius 1 is 1.10 bits per heavy atom. The lowest BCUT2D eigenvalue weighted by Crippen LogP contribution is -2.15. The molecule has 108 valence electrons. The number of aryl methyl sites for hydroxylation is 1. The standard InChI is InChI=1S/C19H20BrN/c1-16-6-3-4-14-21(15-5-7-18(20)11-8-16)19-12-9-17(2)10-13-19/h3-7,9-14H,1,8,15H2,2H3/b6-3-,7-5-,14-4-,18-11+. The molecule has 2 heteroatoms. The fraction of sp³-hybridized carbons (Fsp3) is 0.158. The van der Waals surface area contributed by atoms with Gasteiger partial charge in [-0.2, -0.15) is 0 Å². The molecule has 1 aliphatic rings. The van der Waals surface area contributed by atoms with Crippen LogP contribution in [0.4, 0.5) is 5.69 Å². The largest absolute Gasteiger partial charge is 0.344 e. The Labute approximate surface area is 135 Å². The molecule has 0 spiro atoms. The van der Waals surface area contributed by atoms with E-state index in [1.165, 1.54) is 11.3 Å². The fourth-order valence-electron chi connectivity index (χ4n) is 1.98. The van der Waals surface area contributed by atoms with E-state index in [-0.39, 0.29) is 0 Å². The zero-order chi connectivity index (χ0) is 15.1. The Morgan fingerprint density at radius 2 is 1.86 bits per heavy atom. The first kappa shape index (κ1) is 15.6. The monoisotopic (exact) mass is 341 g/mol. The van der Waals surface area contributed by atoms with Gasteiger partial charge in [0.2, 0.25) is 0 Å². The van der Waals surface area contributed by atoms with Gasteiger partial charge in [0.05, 0.1) is 0 Å². The van der Waals surface area contributed by atoms with Gasteiger partial charge in [-0.1, -0.05) is 76.2 Å². The van der Waals surface area contributed by atoms with Gasteiger partial charge in [-0.05, 0) is 31.6 Å². The number of hydrogen-bond donors (Lipinski definition) is 0. The normalized spacial score (nSPS) is 23.4. The fourth-order valence-corrected chi connectivity index (χ4v) is 2.33. The average Bonchev–Trinajstić information content (AvgIpc) is 2.47. The number of halogens is 1. The second-order valence-electron chi connectivity index (χ2n) is 5.04. The van der Waals surface area contributed by atoms with E-state index in [0.717, 1.165) is 23.0 Å². The van der Waals surface area contributed by atoms with Crippen LogP contribution in [0, 0.1) is 6.92 Å². The van der Waals surface area contributed by atoms with Gasteiger partial charge < -0.3 is 4.90 Å². The van der Waals surface area contributed by atoms with Gasteiger partial charge in [0.25, 0.3) is 0 Å². The van der Waals surface area contributed by atoms with Crippen molar-refractivity contribution in [1.82, 2.24) is 0 Å². The minimum Gasteiger partial charge on any atom is -0.344 e. The molecule has 0 bridgehead atoms. The SMILES string of the molecule is C=C1/C=C\C=C/N(c2ccc(C)cc2)C/C=C\C(Br)=C/C1. The highest BCUT2D eigenvalue weighted by Gasteiger charge is 2.00. The van der Waals surface area contributed by atoms with Crippen LogP contribution in [0.2, 0.25) is 0 Å². The highest BCUT2D eigenvalue weighted by Crippen LogP contribution is 2.17. The highest BCUT2D eigenvalue weighted by atomic mass is 79.9. The molecular formula is C19H20BrN. The van der Waals surface area contributed by atoms with Gasteiger partial charge in [0.15, 0.2) is 0 Å². The first-order chi connectivity index (χ1) is 10.1. The van der Waals surface area contributed by atoms with Crippen molar-refractivity contribution in [3.8, 4) is 0 Å². The molecule has 0 aromatic heterocycles. The van der Waals surface area contributed by atoms with Crippen LogP contribution in [0.3, 0.4) is 0 Å². The summed E-state index contributed by atoms with van der Waals surface area (Å²) in [5.74, 6) is 0. The summed E-state index contributed by atoms with van der Waals surface area (Å²) < 4.78 is 1.09. The second-order valence-corrected chi connectivity index (χ2v) is 5.96. The van der Waals surface area contributed by atoms with Gasteiger partial charge in [-0.3, -0.25) is 0 Å². The molecule has 0 saturated heterocycles. The summed E-state index contributed by atoms with van der Waals surface area (Å²) in [6, 6.07) is 8.56. The van der Waals surface area contributed by atoms with E-state index in [9.17, 15) is 0 Å². The van der Waals surface area contributed by atoms with Crippen LogP contribution in [0.15, 0.2) is 83.6 Å². The Morgan fingerprint density at radius 3 is 2.62 bits per heavy atom. The van der Waals surface area contributed by atoms with Crippen molar-refractivity contribution in [1.29, 1.82) is 0 Å². The molecule has 21 heavy (non-hydrogen) atoms. The number of nitrogens with zero attached hydrogens (tertiary/aromatic N) is 1. The summed E-state index contributed by atoms with van der Waals surface area (Å²) in [7, 11) is 0. The van der Waals surface area contributed by atoms with E-state index in [1.54, 1.807) is 0 Å². The number of anilines is 1. The summed E-state index contributed by atoms with van der Waals surface area (Å²) >= 11 is 3.56. The number of allylic oxidation sites excluding steroid dienone is 7. The van der Waals surface area contributed by atoms with Gasteiger partial charge in [-0.25, -0.2) is 0 Å². The summed E-state index contributed by atoms with van der Waals surface area (Å²) in [5.41, 5.74) is 3.55. The van der Waals surface area contributed by atoms with E-state index in [0.29, 0.717) is 0 Å². The van der Waals surface area contributed by atoms with Gasteiger partial charge >= 0.3 is 0 Å². The minimum absolute atomic E-state index is 0.831. The number of rotatable bonds is 1. The third kappa shape index (κ3) is 5.24. The average molecular weight is 342 g/mol. The predicted molar refractivity (Wildman–Crippen MR) is 96.7 cm³/mol. The Balaban J connectivity index is 2.24. The van der Waals surface area contributed by atoms with E-state index in [4.69, 9.17) is 0 Å². The third-order valence-corrected chi connectivity index (χ3v) is 3.80. The summed E-state index contributed by atoms with van der Waals surface area (Å²) in [4.78, 5) is 2.21. The van der Waals surface area contributed by atoms with E-state index in [2.05, 4.69) is 89.1 Å². The van der Waals surface area contributed by atoms with Gasteiger partial charge in [-0.15, -0.1) is 0 Å². The molecule has 0 fully saturated rings. The molecule has 1 aromatic carbocycles. The van der Waals surface area contributed by atoms with Crippen molar-refractivity contribution < 1.29 is 0 Å². The van der Waals surface area contributed by atoms with Crippen molar-refractivity contribution in [3.63, 3.8) is 0 Å². The molecule has 1 aromatic rings. The summed E-state index contributed by atoms with van der Waals surface area (Å²) in [6.45, 7) is 6.97. The van der Waals surface area contributed by atoms with Crippen LogP contribution in [-0.4, -0.2) is 6.54 Å². The Kier molecular flexibility index (Phi) is 5.82. The number of benzene rings is 1. The molecule has 1 heterocycles. The quantitative estimate of drug-likeness (QED) is 0.636. The van der Waals surface area contributed by atoms with Gasteiger partial charge in [0.1, 0.15) is 0 Å². The lowest BCUT2D eigenvalue weighted by molar-refractivity contribution is 1.09. The molecule has 0 radical (unpaired) electrons. The van der Waals surface area contributed by atoms with Crippen LogP contribution >= 0.6 is 15.9 Å². The molecule has 1 nitrogen and oxygen atoms in total. The van der Waals surface area contributed by atoms with Crippen molar-refractivity contribution in [2.75, 3.05) is 11.4 Å². The van der Waals surface area contributed by atoms with Crippen LogP contribution < -0.4 is 4.90 Å². The Bertz CT molecular complexity index is 603. The zero-order valence-corrected chi connectivity index (χ0v) is 13.9. The van der Waals surface area contributed by atoms with E-state index in [1.807, 2.05) is 12.2 Å². The zero-order valence-electron chi connectivity index (χ0n) is 12.3. The third-order valence-electron chi connectivity index (χ3n) is 3.21. The summed E-state index contributed by atoms with van der Waals surface area (Å²) in [6.07, 6.45) is 15.5. The lowest BCUT2D eigenvalue weighted by Gasteiger charge is -2.19. The first-order valence-electron chi connectivity index (χ1n) is 7.03. The highest BCUT2D eigenvalue weighted by molar-refractivity contribution is 9.11. The molecule has 0 unspecified atom stereocenters. The van der Waals surface area contributed by atoms with Crippen molar-refractivity contribution in [3.05, 3.63) is 89.1 Å². The molecule has 0 atom stereocenters. The molecule has 0 N–H and O–H groups in total. The Hall–Kier alpha value is -1.80. The molecular weight excluding hydrogens is 322 g/mol. The van der Waals surface area contributed by atoms with Crippen LogP contribution in [0.25, 0.3) is 0 Å².